The van der Waals surface area contributed by atoms with Crippen molar-refractivity contribution in [2.75, 3.05) is 26.2 Å². The lowest BCUT2D eigenvalue weighted by Crippen LogP contribution is -2.53. The second-order valence-electron chi connectivity index (χ2n) is 11.2. The number of carbonyl (C=O) groups is 2. The van der Waals surface area contributed by atoms with Gasteiger partial charge in [-0.1, -0.05) is 30.3 Å². The summed E-state index contributed by atoms with van der Waals surface area (Å²) in [5.74, 6) is 0.0775. The van der Waals surface area contributed by atoms with E-state index in [4.69, 9.17) is 0 Å². The van der Waals surface area contributed by atoms with Crippen LogP contribution in [0, 0.1) is 5.92 Å². The fourth-order valence-electron chi connectivity index (χ4n) is 6.19. The summed E-state index contributed by atoms with van der Waals surface area (Å²) in [5, 5.41) is 21.4. The van der Waals surface area contributed by atoms with Gasteiger partial charge in [-0.15, -0.1) is 0 Å². The number of benzene rings is 1. The molecule has 0 radical (unpaired) electrons. The first-order valence-electron chi connectivity index (χ1n) is 13.8. The van der Waals surface area contributed by atoms with Gasteiger partial charge in [0.15, 0.2) is 11.5 Å². The van der Waals surface area contributed by atoms with E-state index in [0.29, 0.717) is 55.7 Å². The van der Waals surface area contributed by atoms with E-state index in [-0.39, 0.29) is 36.4 Å². The van der Waals surface area contributed by atoms with E-state index in [2.05, 4.69) is 9.97 Å². The lowest BCUT2D eigenvalue weighted by atomic mass is 9.79. The molecule has 214 valence electrons. The van der Waals surface area contributed by atoms with Gasteiger partial charge in [-0.25, -0.2) is 14.8 Å². The summed E-state index contributed by atoms with van der Waals surface area (Å²) in [6.45, 7) is 1.38. The van der Waals surface area contributed by atoms with Crippen LogP contribution in [0.25, 0.3) is 16.9 Å². The summed E-state index contributed by atoms with van der Waals surface area (Å²) in [5.41, 5.74) is 0.0432. The zero-order valence-electron chi connectivity index (χ0n) is 22.8. The van der Waals surface area contributed by atoms with Crippen LogP contribution in [0.4, 0.5) is 4.79 Å². The molecule has 0 aliphatic carbocycles. The van der Waals surface area contributed by atoms with Crippen LogP contribution in [0.5, 0.6) is 0 Å². The zero-order chi connectivity index (χ0) is 28.7. The maximum Gasteiger partial charge on any atom is 0.407 e. The van der Waals surface area contributed by atoms with Crippen LogP contribution >= 0.6 is 0 Å². The van der Waals surface area contributed by atoms with Gasteiger partial charge in [-0.2, -0.15) is 0 Å². The van der Waals surface area contributed by atoms with Crippen molar-refractivity contribution in [3.05, 3.63) is 77.4 Å². The molecule has 0 bridgehead atoms. The minimum absolute atomic E-state index is 0.0120. The second kappa shape index (κ2) is 10.5. The van der Waals surface area contributed by atoms with E-state index in [1.807, 2.05) is 48.1 Å². The molecule has 3 aromatic heterocycles. The molecule has 2 N–H and O–H groups in total. The number of carboxylic acid groups (broad SMARTS) is 1. The van der Waals surface area contributed by atoms with Crippen LogP contribution in [0.2, 0.25) is 0 Å². The number of hydrogen-bond acceptors (Lipinski definition) is 6. The fraction of sp³-hybridized carbons (Fsp3) is 0.414. The first-order valence-corrected chi connectivity index (χ1v) is 13.8. The minimum Gasteiger partial charge on any atom is -0.465 e. The molecule has 0 spiro atoms. The van der Waals surface area contributed by atoms with Gasteiger partial charge in [0.2, 0.25) is 5.91 Å². The quantitative estimate of drug-likeness (QED) is 0.382. The van der Waals surface area contributed by atoms with Crippen LogP contribution in [0.15, 0.2) is 66.2 Å². The van der Waals surface area contributed by atoms with E-state index < -0.39 is 11.7 Å². The Labute approximate surface area is 236 Å². The molecule has 2 atom stereocenters. The number of imidazole rings is 1. The Balaban J connectivity index is 1.15. The normalized spacial score (nSPS) is 20.8. The van der Waals surface area contributed by atoms with Gasteiger partial charge in [0.25, 0.3) is 5.56 Å². The zero-order valence-corrected chi connectivity index (χ0v) is 22.8. The van der Waals surface area contributed by atoms with E-state index in [1.54, 1.807) is 28.1 Å². The number of rotatable bonds is 5. The maximum absolute atomic E-state index is 13.7. The highest BCUT2D eigenvalue weighted by Gasteiger charge is 2.41. The van der Waals surface area contributed by atoms with Crippen LogP contribution in [-0.4, -0.2) is 87.5 Å². The molecule has 1 aromatic carbocycles. The molecule has 5 heterocycles. The number of aromatic nitrogens is 5. The van der Waals surface area contributed by atoms with E-state index in [0.717, 1.165) is 5.56 Å². The SMILES string of the molecule is Cn1cnc(-n2ccc3c(=O)n(CC4(O)CCN(C(=O)[C@@H]5CCN(C(=O)O)C[C@H]5c5ccccc5)CC4)cnc32)c1. The summed E-state index contributed by atoms with van der Waals surface area (Å²) in [7, 11) is 1.87. The van der Waals surface area contributed by atoms with Gasteiger partial charge < -0.3 is 24.6 Å². The molecular formula is C29H33N7O5. The smallest absolute Gasteiger partial charge is 0.407 e. The number of likely N-dealkylation sites (tertiary alicyclic amines) is 2. The predicted octanol–water partition coefficient (Wildman–Crippen LogP) is 2.06. The molecule has 12 nitrogen and oxygen atoms in total. The van der Waals surface area contributed by atoms with E-state index in [9.17, 15) is 24.6 Å². The molecule has 0 unspecified atom stereocenters. The summed E-state index contributed by atoms with van der Waals surface area (Å²) in [4.78, 5) is 50.6. The number of fused-ring (bicyclic) bond motifs is 1. The second-order valence-corrected chi connectivity index (χ2v) is 11.2. The number of piperidine rings is 2. The third kappa shape index (κ3) is 5.10. The van der Waals surface area contributed by atoms with Crippen molar-refractivity contribution in [1.29, 1.82) is 0 Å². The van der Waals surface area contributed by atoms with E-state index >= 15 is 0 Å². The molecule has 12 heteroatoms. The first-order chi connectivity index (χ1) is 19.7. The van der Waals surface area contributed by atoms with Crippen molar-refractivity contribution >= 4 is 23.0 Å². The Bertz CT molecular complexity index is 1630. The minimum atomic E-state index is -1.16. The van der Waals surface area contributed by atoms with Gasteiger partial charge in [-0.3, -0.25) is 18.7 Å². The fourth-order valence-corrected chi connectivity index (χ4v) is 6.19. The molecule has 0 saturated carbocycles. The van der Waals surface area contributed by atoms with E-state index in [1.165, 1.54) is 15.8 Å². The van der Waals surface area contributed by atoms with Crippen LogP contribution in [-0.2, 0) is 18.4 Å². The monoisotopic (exact) mass is 559 g/mol. The van der Waals surface area contributed by atoms with Gasteiger partial charge in [0, 0.05) is 57.5 Å². The third-order valence-corrected chi connectivity index (χ3v) is 8.51. The van der Waals surface area contributed by atoms with Crippen molar-refractivity contribution in [2.45, 2.75) is 37.3 Å². The van der Waals surface area contributed by atoms with Crippen molar-refractivity contribution < 1.29 is 19.8 Å². The average molecular weight is 560 g/mol. The summed E-state index contributed by atoms with van der Waals surface area (Å²) >= 11 is 0. The molecule has 2 aliphatic rings. The van der Waals surface area contributed by atoms with Gasteiger partial charge in [-0.05, 0) is 30.9 Å². The molecule has 2 aliphatic heterocycles. The lowest BCUT2D eigenvalue weighted by molar-refractivity contribution is -0.142. The van der Waals surface area contributed by atoms with Crippen molar-refractivity contribution in [3.63, 3.8) is 0 Å². The number of hydrogen-bond donors (Lipinski definition) is 2. The summed E-state index contributed by atoms with van der Waals surface area (Å²) < 4.78 is 5.01. The Morgan fingerprint density at radius 1 is 1.02 bits per heavy atom. The topological polar surface area (TPSA) is 139 Å². The molecule has 41 heavy (non-hydrogen) atoms. The van der Waals surface area contributed by atoms with Crippen LogP contribution in [0.1, 0.15) is 30.7 Å². The number of aliphatic hydroxyl groups is 1. The number of aryl methyl sites for hydroxylation is 1. The van der Waals surface area contributed by atoms with Crippen molar-refractivity contribution in [3.8, 4) is 5.82 Å². The average Bonchev–Trinajstić information content (AvgIpc) is 3.61. The van der Waals surface area contributed by atoms with Crippen LogP contribution < -0.4 is 5.56 Å². The highest BCUT2D eigenvalue weighted by atomic mass is 16.4. The molecule has 2 amide bonds. The first kappa shape index (κ1) is 26.8. The molecular weight excluding hydrogens is 526 g/mol. The number of nitrogens with zero attached hydrogens (tertiary/aromatic N) is 7. The lowest BCUT2D eigenvalue weighted by Gasteiger charge is -2.42. The maximum atomic E-state index is 13.7. The van der Waals surface area contributed by atoms with Gasteiger partial charge in [0.1, 0.15) is 6.33 Å². The Kier molecular flexibility index (Phi) is 6.86. The Morgan fingerprint density at radius 2 is 1.78 bits per heavy atom. The van der Waals surface area contributed by atoms with Crippen molar-refractivity contribution in [1.82, 2.24) is 33.5 Å². The summed E-state index contributed by atoms with van der Waals surface area (Å²) in [6, 6.07) is 11.3. The number of amides is 2. The molecule has 6 rings (SSSR count). The molecule has 2 fully saturated rings. The standard InChI is InChI=1S/C29H33N7O5/c1-32-16-24(30-18-32)36-12-8-22-25(36)31-19-35(27(22)38)17-29(41)9-13-33(14-10-29)26(37)21-7-11-34(28(39)40)15-23(21)20-5-3-2-4-6-20/h2-6,8,12,16,18-19,21,23,41H,7,9-11,13-15,17H2,1H3,(H,39,40)/t21-,23+/m1/s1. The predicted molar refractivity (Wildman–Crippen MR) is 150 cm³/mol. The largest absolute Gasteiger partial charge is 0.465 e. The number of carbonyl (C=O) groups excluding carboxylic acids is 1. The van der Waals surface area contributed by atoms with Crippen molar-refractivity contribution in [2.24, 2.45) is 13.0 Å². The third-order valence-electron chi connectivity index (χ3n) is 8.51. The summed E-state index contributed by atoms with van der Waals surface area (Å²) in [6.07, 6.45) is 6.84. The Morgan fingerprint density at radius 3 is 2.46 bits per heavy atom. The van der Waals surface area contributed by atoms with Gasteiger partial charge >= 0.3 is 6.09 Å². The Hall–Kier alpha value is -4.45. The molecule has 4 aromatic rings. The van der Waals surface area contributed by atoms with Gasteiger partial charge in [0.05, 0.1) is 23.9 Å². The highest BCUT2D eigenvalue weighted by Crippen LogP contribution is 2.35. The highest BCUT2D eigenvalue weighted by molar-refractivity contribution is 5.81. The van der Waals surface area contributed by atoms with Crippen LogP contribution in [0.3, 0.4) is 0 Å². The molecule has 2 saturated heterocycles.